The molecule has 0 bridgehead atoms. The fourth-order valence-corrected chi connectivity index (χ4v) is 13.2. The summed E-state index contributed by atoms with van der Waals surface area (Å²) in [5.74, 6) is -1.93. The van der Waals surface area contributed by atoms with Crippen LogP contribution < -0.4 is 25.1 Å². The van der Waals surface area contributed by atoms with Gasteiger partial charge in [-0.2, -0.15) is 20.1 Å². The molecule has 0 spiro atoms. The Labute approximate surface area is 589 Å². The van der Waals surface area contributed by atoms with E-state index in [0.717, 1.165) is 60.1 Å². The van der Waals surface area contributed by atoms with Crippen molar-refractivity contribution >= 4 is 67.0 Å². The minimum atomic E-state index is -4.36. The quantitative estimate of drug-likeness (QED) is 0.0566. The van der Waals surface area contributed by atoms with Crippen LogP contribution in [0, 0.1) is 26.2 Å². The Morgan fingerprint density at radius 2 is 1.33 bits per heavy atom. The van der Waals surface area contributed by atoms with Crippen molar-refractivity contribution < 1.29 is 79.3 Å². The number of hydrogen-bond acceptors (Lipinski definition) is 24. The van der Waals surface area contributed by atoms with E-state index in [2.05, 4.69) is 73.3 Å². The number of carbonyl (C=O) groups is 5. The molecule has 3 aromatic heterocycles. The van der Waals surface area contributed by atoms with Crippen LogP contribution in [-0.2, 0) is 91.9 Å². The van der Waals surface area contributed by atoms with E-state index in [4.69, 9.17) is 28.6 Å². The van der Waals surface area contributed by atoms with Crippen LogP contribution in [0.2, 0.25) is 0 Å². The van der Waals surface area contributed by atoms with Crippen LogP contribution in [0.3, 0.4) is 0 Å². The third kappa shape index (κ3) is 17.6. The number of urea groups is 1. The molecule has 102 heavy (non-hydrogen) atoms. The van der Waals surface area contributed by atoms with Crippen molar-refractivity contribution in [2.45, 2.75) is 116 Å². The maximum atomic E-state index is 13.5. The Morgan fingerprint density at radius 3 is 1.88 bits per heavy atom. The van der Waals surface area contributed by atoms with Gasteiger partial charge in [0.1, 0.15) is 28.5 Å². The summed E-state index contributed by atoms with van der Waals surface area (Å²) in [5.41, 5.74) is 6.91. The number of nitrogens with one attached hydrogen (secondary N) is 2. The van der Waals surface area contributed by atoms with E-state index in [9.17, 15) is 50.7 Å². The second-order valence-corrected chi connectivity index (χ2v) is 27.9. The summed E-state index contributed by atoms with van der Waals surface area (Å²) in [6, 6.07) is 30.8. The number of fused-ring (bicyclic) bond motifs is 1. The number of sulfone groups is 1. The average Bonchev–Trinajstić information content (AvgIpc) is 1.53. The second-order valence-electron chi connectivity index (χ2n) is 24.3. The van der Waals surface area contributed by atoms with Crippen molar-refractivity contribution in [2.75, 3.05) is 52.2 Å². The van der Waals surface area contributed by atoms with Crippen LogP contribution in [-0.4, -0.2) is 144 Å². The topological polar surface area (TPSA) is 371 Å². The third-order valence-electron chi connectivity index (χ3n) is 16.1. The molecule has 2 amide bonds. The SMILES string of the molecule is CCOC(=O)C1=NOC(c2ccccc2)(c2ccccc2)C1.CCc1cc(C)cc(CC)c1-c1c(OC(=O)C(C)(C)C)n2n(c1=O)CCOCC2.COC(=O)c1ccccc1S(=O)(=O)NC(=O)Nc1nc(C)nc(OC)n1.Cc1c(C(=O)c2cnn(C)c2O)ccc(S(C)(=O)=O)c1C1=NOCC1. The van der Waals surface area contributed by atoms with Gasteiger partial charge in [0, 0.05) is 42.0 Å². The fourth-order valence-electron chi connectivity index (χ4n) is 11.2. The molecule has 0 aliphatic carbocycles. The highest BCUT2D eigenvalue weighted by Crippen LogP contribution is 2.42. The number of nitrogens with zero attached hydrogens (tertiary/aromatic N) is 9. The van der Waals surface area contributed by atoms with Crippen molar-refractivity contribution in [1.29, 1.82) is 0 Å². The normalized spacial score (nSPS) is 13.7. The van der Waals surface area contributed by atoms with E-state index in [0.29, 0.717) is 86.4 Å². The van der Waals surface area contributed by atoms with Crippen molar-refractivity contribution in [3.05, 3.63) is 187 Å². The molecule has 0 fully saturated rings. The lowest BCUT2D eigenvalue weighted by molar-refractivity contribution is -0.143. The average molecular weight is 1440 g/mol. The number of benzene rings is 5. The first-order chi connectivity index (χ1) is 48.4. The number of aromatic hydroxyl groups is 1. The largest absolute Gasteiger partial charge is 0.493 e. The van der Waals surface area contributed by atoms with Gasteiger partial charge in [0.2, 0.25) is 17.7 Å². The van der Waals surface area contributed by atoms with Crippen molar-refractivity contribution in [2.24, 2.45) is 22.8 Å². The number of methoxy groups -OCH3 is 2. The zero-order chi connectivity index (χ0) is 74.4. The zero-order valence-electron chi connectivity index (χ0n) is 58.8. The predicted octanol–water partition coefficient (Wildman–Crippen LogP) is 8.68. The second kappa shape index (κ2) is 33.0. The van der Waals surface area contributed by atoms with E-state index in [-0.39, 0.29) is 56.8 Å². The highest BCUT2D eigenvalue weighted by atomic mass is 32.2. The summed E-state index contributed by atoms with van der Waals surface area (Å²) >= 11 is 0. The molecule has 29 nitrogen and oxygen atoms in total. The summed E-state index contributed by atoms with van der Waals surface area (Å²) in [5, 5.41) is 23.9. The molecule has 0 radical (unpaired) electrons. The molecule has 3 aliphatic rings. The Balaban J connectivity index is 0.000000173. The number of sulfonamides is 1. The number of anilines is 1. The number of aromatic nitrogens is 7. The van der Waals surface area contributed by atoms with Gasteiger partial charge in [-0.15, -0.1) is 0 Å². The number of carbonyl (C=O) groups excluding carboxylic acids is 5. The number of hydrogen-bond donors (Lipinski definition) is 3. The molecule has 31 heteroatoms. The molecule has 6 heterocycles. The molecule has 0 atom stereocenters. The molecule has 0 saturated carbocycles. The molecule has 8 aromatic rings. The van der Waals surface area contributed by atoms with Gasteiger partial charge in [0.15, 0.2) is 26.9 Å². The summed E-state index contributed by atoms with van der Waals surface area (Å²) in [6.07, 6.45) is 4.79. The van der Waals surface area contributed by atoms with Crippen LogP contribution in [0.25, 0.3) is 11.1 Å². The number of rotatable bonds is 17. The maximum absolute atomic E-state index is 13.5. The van der Waals surface area contributed by atoms with Crippen LogP contribution >= 0.6 is 0 Å². The predicted molar refractivity (Wildman–Crippen MR) is 375 cm³/mol. The summed E-state index contributed by atoms with van der Waals surface area (Å²) < 4.78 is 81.4. The van der Waals surface area contributed by atoms with Crippen molar-refractivity contribution in [1.82, 2.24) is 38.8 Å². The first-order valence-corrected chi connectivity index (χ1v) is 35.7. The van der Waals surface area contributed by atoms with Gasteiger partial charge in [-0.1, -0.05) is 115 Å². The van der Waals surface area contributed by atoms with Crippen molar-refractivity contribution in [3.8, 4) is 28.9 Å². The zero-order valence-corrected chi connectivity index (χ0v) is 60.4. The molecule has 3 aliphatic heterocycles. The molecule has 0 saturated heterocycles. The third-order valence-corrected chi connectivity index (χ3v) is 18.7. The number of amides is 2. The maximum Gasteiger partial charge on any atom is 0.356 e. The standard InChI is InChI=1S/C23H32N2O4.C18H17NO3.C16H17N3O5S.C14H15N5O6S/c1-7-16-13-15(3)14-17(8-2)18(16)19-20(26)24-9-11-28-12-10-25(24)21(19)29-22(27)23(4,5)6;1-2-21-17(20)16-13-18(22-19-16,14-9-5-3-6-10-14)15-11-7-4-8-12-15;1-9-10(15(20)11-8-17-19(2)16(11)21)4-5-13(25(3,22)23)14(9)12-6-7-24-18-12;1-8-15-12(18-14(16-8)25-3)17-13(21)19-26(22,23)10-7-5-4-6-9(10)11(20)24-2/h13-14H,7-12H2,1-6H3;3-12H,2,13H2,1H3;4-5,8,21H,6-7H2,1-3H3;4-7H,1-3H3,(H2,15,16,17,18,19,21). The van der Waals surface area contributed by atoms with Gasteiger partial charge in [0.25, 0.3) is 15.6 Å². The van der Waals surface area contributed by atoms with Gasteiger partial charge in [-0.3, -0.25) is 19.7 Å². The van der Waals surface area contributed by atoms with E-state index in [1.54, 1.807) is 27.9 Å². The van der Waals surface area contributed by atoms with E-state index < -0.39 is 59.5 Å². The lowest BCUT2D eigenvalue weighted by atomic mass is 9.82. The van der Waals surface area contributed by atoms with Gasteiger partial charge in [-0.05, 0) is 108 Å². The van der Waals surface area contributed by atoms with E-state index >= 15 is 0 Å². The summed E-state index contributed by atoms with van der Waals surface area (Å²) in [4.78, 5) is 96.7. The van der Waals surface area contributed by atoms with Gasteiger partial charge in [-0.25, -0.2) is 50.0 Å². The number of ketones is 1. The summed E-state index contributed by atoms with van der Waals surface area (Å²) in [6.45, 7) is 19.2. The molecule has 540 valence electrons. The van der Waals surface area contributed by atoms with Crippen LogP contribution in [0.5, 0.6) is 17.8 Å². The number of esters is 3. The van der Waals surface area contributed by atoms with Gasteiger partial charge in [0.05, 0.1) is 81.3 Å². The molecule has 0 unspecified atom stereocenters. The Hall–Kier alpha value is -10.9. The van der Waals surface area contributed by atoms with Crippen molar-refractivity contribution in [3.63, 3.8) is 0 Å². The lowest BCUT2D eigenvalue weighted by Crippen LogP contribution is -2.35. The highest BCUT2D eigenvalue weighted by molar-refractivity contribution is 7.91. The van der Waals surface area contributed by atoms with E-state index in [1.165, 1.54) is 67.9 Å². The highest BCUT2D eigenvalue weighted by Gasteiger charge is 2.45. The Kier molecular flexibility index (Phi) is 24.9. The van der Waals surface area contributed by atoms with E-state index in [1.807, 2.05) is 81.4 Å². The molecular weight excluding hydrogens is 1360 g/mol. The molecular formula is C71H81N11O18S2. The molecule has 5 aromatic carbocycles. The van der Waals surface area contributed by atoms with Crippen LogP contribution in [0.1, 0.15) is 125 Å². The first kappa shape index (κ1) is 76.8. The first-order valence-electron chi connectivity index (χ1n) is 32.3. The summed E-state index contributed by atoms with van der Waals surface area (Å²) in [7, 11) is -3.92. The van der Waals surface area contributed by atoms with Gasteiger partial charge >= 0.3 is 29.9 Å². The number of aryl methyl sites for hydroxylation is 5. The fraction of sp³-hybridized carbons (Fsp3) is 0.352. The Morgan fingerprint density at radius 1 is 0.716 bits per heavy atom. The van der Waals surface area contributed by atoms with Crippen LogP contribution in [0.15, 0.2) is 140 Å². The number of oxime groups is 2. The minimum absolute atomic E-state index is 0.0493. The van der Waals surface area contributed by atoms with Crippen LogP contribution in [0.4, 0.5) is 10.7 Å². The number of ether oxygens (including phenoxy) is 5. The Bertz CT molecular complexity index is 4750. The lowest BCUT2D eigenvalue weighted by Gasteiger charge is -2.27. The molecule has 3 N–H and O–H groups in total. The monoisotopic (exact) mass is 1440 g/mol. The smallest absolute Gasteiger partial charge is 0.356 e. The molecule has 11 rings (SSSR count). The van der Waals surface area contributed by atoms with Gasteiger partial charge < -0.3 is 38.5 Å². The minimum Gasteiger partial charge on any atom is -0.493 e.